The summed E-state index contributed by atoms with van der Waals surface area (Å²) in [6.45, 7) is 2.07. The van der Waals surface area contributed by atoms with Gasteiger partial charge in [-0.3, -0.25) is 0 Å². The Balaban J connectivity index is 1.57. The summed E-state index contributed by atoms with van der Waals surface area (Å²) in [5.41, 5.74) is 4.04. The van der Waals surface area contributed by atoms with Gasteiger partial charge in [-0.25, -0.2) is 9.18 Å². The highest BCUT2D eigenvalue weighted by Crippen LogP contribution is 2.49. The summed E-state index contributed by atoms with van der Waals surface area (Å²) < 4.78 is 13.2. The van der Waals surface area contributed by atoms with Gasteiger partial charge in [0, 0.05) is 5.92 Å². The maximum absolute atomic E-state index is 13.2. The molecule has 0 heterocycles. The number of rotatable bonds is 5. The quantitative estimate of drug-likeness (QED) is 0.454. The van der Waals surface area contributed by atoms with Crippen LogP contribution in [0, 0.1) is 24.6 Å². The van der Waals surface area contributed by atoms with E-state index in [0.717, 1.165) is 30.5 Å². The van der Waals surface area contributed by atoms with Gasteiger partial charge in [0.25, 0.3) is 0 Å². The molecule has 0 aromatic heterocycles. The smallest absolute Gasteiger partial charge is 0.318 e. The van der Waals surface area contributed by atoms with Crippen molar-refractivity contribution in [3.63, 3.8) is 0 Å². The Morgan fingerprint density at radius 3 is 2.40 bits per heavy atom. The summed E-state index contributed by atoms with van der Waals surface area (Å²) in [5.74, 6) is 0.0191. The lowest BCUT2D eigenvalue weighted by Gasteiger charge is -2.07. The first kappa shape index (κ1) is 16.0. The first-order chi connectivity index (χ1) is 12.1. The van der Waals surface area contributed by atoms with E-state index in [9.17, 15) is 9.18 Å². The maximum atomic E-state index is 13.2. The van der Waals surface area contributed by atoms with Crippen molar-refractivity contribution in [2.45, 2.75) is 32.1 Å². The molecule has 2 aromatic rings. The van der Waals surface area contributed by atoms with Crippen LogP contribution in [0.2, 0.25) is 0 Å². The van der Waals surface area contributed by atoms with Gasteiger partial charge in [-0.05, 0) is 55.4 Å². The van der Waals surface area contributed by atoms with Crippen molar-refractivity contribution in [3.8, 4) is 0 Å². The fraction of sp³-hybridized carbons (Fsp3) is 0.333. The number of halogens is 1. The molecule has 0 aliphatic heterocycles. The summed E-state index contributed by atoms with van der Waals surface area (Å²) in [6.07, 6.45) is 2.73. The summed E-state index contributed by atoms with van der Waals surface area (Å²) >= 11 is 0. The van der Waals surface area contributed by atoms with Crippen molar-refractivity contribution >= 4 is 11.7 Å². The van der Waals surface area contributed by atoms with Crippen LogP contribution >= 0.6 is 0 Å². The Labute approximate surface area is 146 Å². The molecular formula is C21H20FNO2. The third-order valence-corrected chi connectivity index (χ3v) is 4.93. The first-order valence-electron chi connectivity index (χ1n) is 8.73. The van der Waals surface area contributed by atoms with Crippen molar-refractivity contribution in [3.05, 3.63) is 71.0 Å². The van der Waals surface area contributed by atoms with Gasteiger partial charge in [-0.2, -0.15) is 0 Å². The van der Waals surface area contributed by atoms with E-state index < -0.39 is 0 Å². The highest BCUT2D eigenvalue weighted by molar-refractivity contribution is 6.04. The number of carbonyl (C=O) groups is 1. The van der Waals surface area contributed by atoms with Gasteiger partial charge in [-0.15, -0.1) is 0 Å². The van der Waals surface area contributed by atoms with Crippen LogP contribution in [0.15, 0.2) is 53.7 Å². The van der Waals surface area contributed by atoms with Crippen LogP contribution in [-0.4, -0.2) is 11.7 Å². The third-order valence-electron chi connectivity index (χ3n) is 4.93. The fourth-order valence-corrected chi connectivity index (χ4v) is 3.12. The molecule has 0 radical (unpaired) electrons. The second-order valence-corrected chi connectivity index (χ2v) is 7.03. The lowest BCUT2D eigenvalue weighted by atomic mass is 10.0. The Hall–Kier alpha value is -2.49. The Bertz CT molecular complexity index is 807. The Morgan fingerprint density at radius 1 is 1.08 bits per heavy atom. The molecule has 2 unspecified atom stereocenters. The Morgan fingerprint density at radius 2 is 1.76 bits per heavy atom. The minimum Gasteiger partial charge on any atom is -0.318 e. The van der Waals surface area contributed by atoms with Crippen LogP contribution in [0.5, 0.6) is 0 Å². The van der Waals surface area contributed by atoms with Crippen molar-refractivity contribution in [2.24, 2.45) is 17.0 Å². The van der Waals surface area contributed by atoms with Gasteiger partial charge in [0.2, 0.25) is 0 Å². The molecule has 0 spiro atoms. The van der Waals surface area contributed by atoms with Crippen LogP contribution in [0.1, 0.15) is 41.9 Å². The van der Waals surface area contributed by atoms with Crippen LogP contribution in [0.4, 0.5) is 4.39 Å². The predicted molar refractivity (Wildman–Crippen MR) is 93.8 cm³/mol. The molecular weight excluding hydrogens is 317 g/mol. The molecule has 4 heteroatoms. The minimum atomic E-state index is -0.288. The van der Waals surface area contributed by atoms with E-state index in [-0.39, 0.29) is 23.6 Å². The van der Waals surface area contributed by atoms with E-state index in [2.05, 4.69) is 36.3 Å². The summed E-state index contributed by atoms with van der Waals surface area (Å²) in [4.78, 5) is 17.0. The van der Waals surface area contributed by atoms with E-state index >= 15 is 0 Å². The number of hydrogen-bond acceptors (Lipinski definition) is 3. The van der Waals surface area contributed by atoms with E-state index in [0.29, 0.717) is 5.92 Å². The molecule has 2 aliphatic rings. The molecule has 128 valence electrons. The molecule has 0 amide bonds. The number of hydrogen-bond donors (Lipinski definition) is 0. The molecule has 25 heavy (non-hydrogen) atoms. The molecule has 2 atom stereocenters. The monoisotopic (exact) mass is 337 g/mol. The number of aryl methyl sites for hydroxylation is 1. The maximum Gasteiger partial charge on any atom is 0.338 e. The number of benzene rings is 2. The van der Waals surface area contributed by atoms with Crippen molar-refractivity contribution in [2.75, 3.05) is 0 Å². The topological polar surface area (TPSA) is 38.7 Å². The number of nitrogens with zero attached hydrogens (tertiary/aromatic N) is 1. The molecule has 2 aromatic carbocycles. The highest BCUT2D eigenvalue weighted by atomic mass is 19.1. The van der Waals surface area contributed by atoms with Crippen LogP contribution in [0.3, 0.4) is 0 Å². The zero-order valence-electron chi connectivity index (χ0n) is 14.1. The zero-order chi connectivity index (χ0) is 17.4. The van der Waals surface area contributed by atoms with Gasteiger partial charge in [0.1, 0.15) is 5.82 Å². The second-order valence-electron chi connectivity index (χ2n) is 7.03. The minimum absolute atomic E-state index is 0.00492. The number of oxime groups is 1. The Kier molecular flexibility index (Phi) is 4.12. The van der Waals surface area contributed by atoms with Gasteiger partial charge in [0.05, 0.1) is 11.6 Å². The van der Waals surface area contributed by atoms with Gasteiger partial charge in [-0.1, -0.05) is 47.1 Å². The molecule has 0 saturated heterocycles. The average Bonchev–Trinajstić information content (AvgIpc) is 3.51. The zero-order valence-corrected chi connectivity index (χ0v) is 14.1. The summed E-state index contributed by atoms with van der Waals surface area (Å²) in [6, 6.07) is 14.7. The molecule has 0 bridgehead atoms. The van der Waals surface area contributed by atoms with Gasteiger partial charge < -0.3 is 4.84 Å². The predicted octanol–water partition coefficient (Wildman–Crippen LogP) is 4.60. The van der Waals surface area contributed by atoms with Crippen LogP contribution < -0.4 is 0 Å². The van der Waals surface area contributed by atoms with E-state index in [4.69, 9.17) is 4.84 Å². The highest BCUT2D eigenvalue weighted by Gasteiger charge is 2.43. The average molecular weight is 337 g/mol. The van der Waals surface area contributed by atoms with Gasteiger partial charge >= 0.3 is 5.97 Å². The molecule has 0 N–H and O–H groups in total. The van der Waals surface area contributed by atoms with E-state index in [1.165, 1.54) is 23.3 Å². The van der Waals surface area contributed by atoms with Crippen LogP contribution in [0.25, 0.3) is 0 Å². The molecule has 2 saturated carbocycles. The largest absolute Gasteiger partial charge is 0.338 e. The molecule has 4 rings (SSSR count). The lowest BCUT2D eigenvalue weighted by Crippen LogP contribution is -2.10. The van der Waals surface area contributed by atoms with Crippen molar-refractivity contribution in [1.29, 1.82) is 0 Å². The van der Waals surface area contributed by atoms with Crippen LogP contribution in [-0.2, 0) is 9.63 Å². The van der Waals surface area contributed by atoms with Crippen molar-refractivity contribution in [1.82, 2.24) is 0 Å². The second kappa shape index (κ2) is 6.43. The number of carbonyl (C=O) groups excluding carboxylic acids is 1. The third kappa shape index (κ3) is 3.63. The molecule has 2 fully saturated rings. The lowest BCUT2D eigenvalue weighted by molar-refractivity contribution is -0.145. The standard InChI is InChI=1S/C21H20FNO2/c1-13-2-4-14(5-3-13)18-12-19(18)20(15-8-10-17(22)11-9-15)23-25-21(24)16-6-7-16/h2-5,8-11,16,18-19H,6-7,12H2,1H3/b23-20+. The molecule has 3 nitrogen and oxygen atoms in total. The van der Waals surface area contributed by atoms with Gasteiger partial charge in [0.15, 0.2) is 0 Å². The SMILES string of the molecule is Cc1ccc(C2CC2/C(=N/OC(=O)C2CC2)c2ccc(F)cc2)cc1. The normalized spacial score (nSPS) is 22.6. The molecule has 2 aliphatic carbocycles. The first-order valence-corrected chi connectivity index (χ1v) is 8.73. The van der Waals surface area contributed by atoms with Crippen molar-refractivity contribution < 1.29 is 14.0 Å². The summed E-state index contributed by atoms with van der Waals surface area (Å²) in [7, 11) is 0. The van der Waals surface area contributed by atoms with E-state index in [1.54, 1.807) is 12.1 Å². The fourth-order valence-electron chi connectivity index (χ4n) is 3.12. The summed E-state index contributed by atoms with van der Waals surface area (Å²) in [5, 5.41) is 4.18. The van der Waals surface area contributed by atoms with E-state index in [1.807, 2.05) is 0 Å².